The van der Waals surface area contributed by atoms with Gasteiger partial charge in [-0.1, -0.05) is 101 Å². The molecule has 3 rings (SSSR count). The summed E-state index contributed by atoms with van der Waals surface area (Å²) in [6, 6.07) is 21.4. The van der Waals surface area contributed by atoms with E-state index < -0.39 is 0 Å². The van der Waals surface area contributed by atoms with Crippen LogP contribution in [-0.2, 0) is 13.0 Å². The quantitative estimate of drug-likeness (QED) is 0.260. The normalized spacial score (nSPS) is 10.7. The van der Waals surface area contributed by atoms with Gasteiger partial charge in [-0.05, 0) is 24.6 Å². The van der Waals surface area contributed by atoms with Crippen LogP contribution in [0.15, 0.2) is 73.1 Å². The summed E-state index contributed by atoms with van der Waals surface area (Å²) in [7, 11) is 0. The highest BCUT2D eigenvalue weighted by molar-refractivity contribution is 5.60. The van der Waals surface area contributed by atoms with Gasteiger partial charge in [0.05, 0.1) is 11.3 Å². The van der Waals surface area contributed by atoms with Crippen LogP contribution in [0.5, 0.6) is 0 Å². The zero-order valence-electron chi connectivity index (χ0n) is 19.7. The van der Waals surface area contributed by atoms with E-state index in [1.54, 1.807) is 0 Å². The summed E-state index contributed by atoms with van der Waals surface area (Å²) < 4.78 is 2.42. The molecule has 3 aromatic rings. The Morgan fingerprint density at radius 3 is 2.00 bits per heavy atom. The van der Waals surface area contributed by atoms with E-state index in [1.165, 1.54) is 81.0 Å². The van der Waals surface area contributed by atoms with Gasteiger partial charge < -0.3 is 12.4 Å². The first-order chi connectivity index (χ1) is 15.4. The predicted octanol–water partition coefficient (Wildman–Crippen LogP) is 4.55. The average molecular weight is 451 g/mol. The van der Waals surface area contributed by atoms with Crippen molar-refractivity contribution >= 4 is 0 Å². The van der Waals surface area contributed by atoms with E-state index in [9.17, 15) is 0 Å². The van der Waals surface area contributed by atoms with Gasteiger partial charge in [-0.15, -0.1) is 0 Å². The molecule has 2 nitrogen and oxygen atoms in total. The monoisotopic (exact) mass is 450 g/mol. The van der Waals surface area contributed by atoms with Crippen molar-refractivity contribution in [1.29, 1.82) is 0 Å². The first kappa shape index (κ1) is 26.1. The van der Waals surface area contributed by atoms with Crippen LogP contribution >= 0.6 is 0 Å². The molecule has 0 bridgehead atoms. The number of unbranched alkanes of at least 4 members (excludes halogenated alkanes) is 9. The third-order valence-corrected chi connectivity index (χ3v) is 6.09. The second-order valence-corrected chi connectivity index (χ2v) is 8.63. The lowest BCUT2D eigenvalue weighted by molar-refractivity contribution is -0.695. The Bertz CT molecular complexity index is 865. The van der Waals surface area contributed by atoms with E-state index in [0.717, 1.165) is 18.7 Å². The molecule has 0 spiro atoms. The largest absolute Gasteiger partial charge is 1.00 e. The van der Waals surface area contributed by atoms with Crippen molar-refractivity contribution in [3.63, 3.8) is 0 Å². The van der Waals surface area contributed by atoms with Gasteiger partial charge in [0.1, 0.15) is 0 Å². The Morgan fingerprint density at radius 2 is 1.34 bits per heavy atom. The standard InChI is InChI=1S/C29H39N2.ClH/c1-2-3-4-5-6-7-8-9-10-14-22-29-27(28-21-15-16-23-30-28)20-17-24-31(29)25-26-18-12-11-13-19-26;/h11-13,15-21,23-24H,2-10,14,22,25H2,1H3;1H/q+1;/p-1. The van der Waals surface area contributed by atoms with Crippen molar-refractivity contribution in [2.45, 2.75) is 84.1 Å². The topological polar surface area (TPSA) is 16.8 Å². The van der Waals surface area contributed by atoms with E-state index in [4.69, 9.17) is 0 Å². The Balaban J connectivity index is 0.00000363. The Labute approximate surface area is 201 Å². The number of rotatable bonds is 14. The van der Waals surface area contributed by atoms with Crippen LogP contribution in [0.4, 0.5) is 0 Å². The molecule has 0 fully saturated rings. The van der Waals surface area contributed by atoms with Crippen molar-refractivity contribution in [3.8, 4) is 11.3 Å². The summed E-state index contributed by atoms with van der Waals surface area (Å²) >= 11 is 0. The summed E-state index contributed by atoms with van der Waals surface area (Å²) in [6.07, 6.45) is 18.9. The third kappa shape index (κ3) is 8.74. The molecule has 2 aromatic heterocycles. The molecule has 0 atom stereocenters. The van der Waals surface area contributed by atoms with Gasteiger partial charge in [0.25, 0.3) is 0 Å². The van der Waals surface area contributed by atoms with E-state index in [-0.39, 0.29) is 12.4 Å². The minimum absolute atomic E-state index is 0. The van der Waals surface area contributed by atoms with Crippen molar-refractivity contribution in [1.82, 2.24) is 4.98 Å². The molecule has 2 heterocycles. The fraction of sp³-hybridized carbons (Fsp3) is 0.448. The average Bonchev–Trinajstić information content (AvgIpc) is 2.82. The molecule has 0 saturated heterocycles. The van der Waals surface area contributed by atoms with Crippen molar-refractivity contribution in [3.05, 3.63) is 84.3 Å². The molecular weight excluding hydrogens is 412 g/mol. The highest BCUT2D eigenvalue weighted by Crippen LogP contribution is 2.21. The molecule has 0 unspecified atom stereocenters. The summed E-state index contributed by atoms with van der Waals surface area (Å²) in [5, 5.41) is 0. The van der Waals surface area contributed by atoms with Crippen LogP contribution < -0.4 is 17.0 Å². The van der Waals surface area contributed by atoms with Crippen LogP contribution in [0.2, 0.25) is 0 Å². The number of benzene rings is 1. The molecule has 0 aliphatic heterocycles. The molecule has 1 aromatic carbocycles. The first-order valence-electron chi connectivity index (χ1n) is 12.3. The fourth-order valence-electron chi connectivity index (χ4n) is 4.33. The molecule has 172 valence electrons. The van der Waals surface area contributed by atoms with Gasteiger partial charge in [-0.2, -0.15) is 4.57 Å². The third-order valence-electron chi connectivity index (χ3n) is 6.09. The van der Waals surface area contributed by atoms with Crippen LogP contribution in [0.3, 0.4) is 0 Å². The lowest BCUT2D eigenvalue weighted by Crippen LogP contribution is -3.00. The van der Waals surface area contributed by atoms with Crippen molar-refractivity contribution in [2.24, 2.45) is 0 Å². The molecule has 0 amide bonds. The van der Waals surface area contributed by atoms with Gasteiger partial charge in [-0.25, -0.2) is 0 Å². The van der Waals surface area contributed by atoms with Crippen LogP contribution in [-0.4, -0.2) is 4.98 Å². The van der Waals surface area contributed by atoms with Crippen LogP contribution in [0.1, 0.15) is 82.4 Å². The second kappa shape index (κ2) is 15.6. The maximum atomic E-state index is 4.64. The summed E-state index contributed by atoms with van der Waals surface area (Å²) in [6.45, 7) is 3.20. The SMILES string of the molecule is CCCCCCCCCCCCc1c(-c2ccccn2)ccc[n+]1Cc1ccccc1.[Cl-]. The van der Waals surface area contributed by atoms with E-state index in [1.807, 2.05) is 12.3 Å². The highest BCUT2D eigenvalue weighted by Gasteiger charge is 2.18. The molecular formula is C29H39ClN2. The second-order valence-electron chi connectivity index (χ2n) is 8.63. The van der Waals surface area contributed by atoms with E-state index >= 15 is 0 Å². The lowest BCUT2D eigenvalue weighted by Gasteiger charge is -2.10. The maximum Gasteiger partial charge on any atom is 0.191 e. The molecule has 0 saturated carbocycles. The number of hydrogen-bond donors (Lipinski definition) is 0. The van der Waals surface area contributed by atoms with Crippen molar-refractivity contribution < 1.29 is 17.0 Å². The Kier molecular flexibility index (Phi) is 12.7. The molecule has 0 N–H and O–H groups in total. The smallest absolute Gasteiger partial charge is 0.191 e. The van der Waals surface area contributed by atoms with Crippen molar-refractivity contribution in [2.75, 3.05) is 0 Å². The number of nitrogens with zero attached hydrogens (tertiary/aromatic N) is 2. The summed E-state index contributed by atoms with van der Waals surface area (Å²) in [5.74, 6) is 0. The summed E-state index contributed by atoms with van der Waals surface area (Å²) in [4.78, 5) is 4.64. The van der Waals surface area contributed by atoms with Gasteiger partial charge in [0, 0.05) is 24.2 Å². The van der Waals surface area contributed by atoms with Gasteiger partial charge >= 0.3 is 0 Å². The number of hydrogen-bond acceptors (Lipinski definition) is 1. The van der Waals surface area contributed by atoms with Crippen LogP contribution in [0, 0.1) is 0 Å². The number of pyridine rings is 2. The first-order valence-corrected chi connectivity index (χ1v) is 12.3. The van der Waals surface area contributed by atoms with Crippen LogP contribution in [0.25, 0.3) is 11.3 Å². The zero-order valence-corrected chi connectivity index (χ0v) is 20.4. The summed E-state index contributed by atoms with van der Waals surface area (Å²) in [5.41, 5.74) is 5.10. The molecule has 0 aliphatic rings. The number of halogens is 1. The molecule has 3 heteroatoms. The van der Waals surface area contributed by atoms with Gasteiger partial charge in [0.2, 0.25) is 0 Å². The fourth-order valence-corrected chi connectivity index (χ4v) is 4.33. The minimum Gasteiger partial charge on any atom is -1.00 e. The Morgan fingerprint density at radius 1 is 0.688 bits per heavy atom. The van der Waals surface area contributed by atoms with E-state index in [2.05, 4.69) is 77.3 Å². The Hall–Kier alpha value is -2.19. The predicted molar refractivity (Wildman–Crippen MR) is 131 cm³/mol. The minimum atomic E-state index is 0. The molecule has 32 heavy (non-hydrogen) atoms. The van der Waals surface area contributed by atoms with E-state index in [0.29, 0.717) is 0 Å². The maximum absolute atomic E-state index is 4.64. The molecule has 0 aliphatic carbocycles. The lowest BCUT2D eigenvalue weighted by atomic mass is 10.0. The van der Waals surface area contributed by atoms with Gasteiger partial charge in [0.15, 0.2) is 18.4 Å². The zero-order chi connectivity index (χ0) is 21.6. The highest BCUT2D eigenvalue weighted by atomic mass is 35.5. The molecule has 0 radical (unpaired) electrons. The number of aromatic nitrogens is 2. The van der Waals surface area contributed by atoms with Gasteiger partial charge in [-0.3, -0.25) is 4.98 Å².